The molecule has 0 atom stereocenters. The molecule has 0 aliphatic rings. The molecule has 2 aromatic rings. The van der Waals surface area contributed by atoms with Crippen LogP contribution in [0.5, 0.6) is 17.2 Å². The molecule has 2 rings (SSSR count). The Morgan fingerprint density at radius 2 is 1.59 bits per heavy atom. The van der Waals surface area contributed by atoms with Crippen LogP contribution in [0.2, 0.25) is 0 Å². The largest absolute Gasteiger partial charge is 0.545 e. The van der Waals surface area contributed by atoms with E-state index in [1.54, 1.807) is 30.3 Å². The van der Waals surface area contributed by atoms with Crippen molar-refractivity contribution in [2.24, 2.45) is 0 Å². The minimum Gasteiger partial charge on any atom is -0.545 e. The molecule has 0 fully saturated rings. The molecule has 0 aliphatic carbocycles. The zero-order valence-electron chi connectivity index (χ0n) is 15.5. The van der Waals surface area contributed by atoms with E-state index in [1.165, 1.54) is 51.5 Å². The lowest BCUT2D eigenvalue weighted by atomic mass is 10.1. The van der Waals surface area contributed by atoms with Gasteiger partial charge in [-0.1, -0.05) is 18.2 Å². The van der Waals surface area contributed by atoms with Gasteiger partial charge < -0.3 is 29.0 Å². The maximum Gasteiger partial charge on any atom is 0.250 e. The Kier molecular flexibility index (Phi) is 6.43. The van der Waals surface area contributed by atoms with E-state index < -0.39 is 11.9 Å². The average molecular weight is 370 g/mol. The summed E-state index contributed by atoms with van der Waals surface area (Å²) in [7, 11) is 5.99. The zero-order valence-corrected chi connectivity index (χ0v) is 15.5. The van der Waals surface area contributed by atoms with Gasteiger partial charge in [-0.3, -0.25) is 4.79 Å². The Labute approximate surface area is 157 Å². The molecule has 1 amide bonds. The number of carboxylic acid groups (broad SMARTS) is 1. The molecule has 0 aromatic heterocycles. The van der Waals surface area contributed by atoms with Crippen LogP contribution in [0.1, 0.15) is 15.9 Å². The highest BCUT2D eigenvalue weighted by molar-refractivity contribution is 6.07. The van der Waals surface area contributed by atoms with Crippen LogP contribution in [-0.2, 0) is 4.79 Å². The van der Waals surface area contributed by atoms with Gasteiger partial charge in [0.2, 0.25) is 5.75 Å². The number of carbonyl (C=O) groups is 2. The van der Waals surface area contributed by atoms with Gasteiger partial charge in [-0.15, -0.1) is 0 Å². The lowest BCUT2D eigenvalue weighted by Crippen LogP contribution is -2.29. The molecule has 0 saturated heterocycles. The van der Waals surface area contributed by atoms with Gasteiger partial charge in [0, 0.05) is 18.7 Å². The number of likely N-dealkylation sites (N-methyl/N-ethyl adjacent to an activating group) is 1. The lowest BCUT2D eigenvalue weighted by molar-refractivity contribution is -0.254. The van der Waals surface area contributed by atoms with Crippen LogP contribution in [-0.4, -0.2) is 40.3 Å². The van der Waals surface area contributed by atoms with Crippen molar-refractivity contribution < 1.29 is 28.9 Å². The summed E-state index contributed by atoms with van der Waals surface area (Å²) in [5.74, 6) is -0.390. The van der Waals surface area contributed by atoms with Crippen molar-refractivity contribution in [2.75, 3.05) is 33.3 Å². The van der Waals surface area contributed by atoms with Crippen molar-refractivity contribution in [2.45, 2.75) is 0 Å². The first-order chi connectivity index (χ1) is 12.9. The van der Waals surface area contributed by atoms with Gasteiger partial charge in [-0.05, 0) is 29.8 Å². The first-order valence-electron chi connectivity index (χ1n) is 7.99. The second-order valence-electron chi connectivity index (χ2n) is 5.49. The van der Waals surface area contributed by atoms with Gasteiger partial charge in [-0.25, -0.2) is 0 Å². The van der Waals surface area contributed by atoms with E-state index in [0.717, 1.165) is 0 Å². The van der Waals surface area contributed by atoms with Gasteiger partial charge in [0.15, 0.2) is 11.5 Å². The molecular weight excluding hydrogens is 350 g/mol. The van der Waals surface area contributed by atoms with E-state index in [-0.39, 0.29) is 11.3 Å². The molecule has 7 nitrogen and oxygen atoms in total. The number of carbonyl (C=O) groups excluding carboxylic acids is 2. The van der Waals surface area contributed by atoms with Crippen LogP contribution < -0.4 is 24.2 Å². The molecule has 0 spiro atoms. The fourth-order valence-electron chi connectivity index (χ4n) is 2.53. The topological polar surface area (TPSA) is 88.1 Å². The van der Waals surface area contributed by atoms with Gasteiger partial charge in [-0.2, -0.15) is 0 Å². The van der Waals surface area contributed by atoms with Crippen molar-refractivity contribution in [3.63, 3.8) is 0 Å². The summed E-state index contributed by atoms with van der Waals surface area (Å²) in [5.41, 5.74) is 0.839. The molecule has 142 valence electrons. The monoisotopic (exact) mass is 370 g/mol. The van der Waals surface area contributed by atoms with Gasteiger partial charge in [0.1, 0.15) is 0 Å². The molecule has 7 heteroatoms. The Balaban J connectivity index is 2.30. The highest BCUT2D eigenvalue weighted by atomic mass is 16.5. The maximum absolute atomic E-state index is 12.5. The SMILES string of the molecule is COc1cc(/C=C/C(=O)N(C)c2ccccc2C(=O)[O-])cc(OC)c1OC. The smallest absolute Gasteiger partial charge is 0.250 e. The number of amides is 1. The minimum atomic E-state index is -1.35. The summed E-state index contributed by atoms with van der Waals surface area (Å²) in [6, 6.07) is 9.53. The van der Waals surface area contributed by atoms with Crippen molar-refractivity contribution >= 4 is 23.6 Å². The van der Waals surface area contributed by atoms with Gasteiger partial charge >= 0.3 is 0 Å². The zero-order chi connectivity index (χ0) is 20.0. The van der Waals surface area contributed by atoms with Crippen molar-refractivity contribution in [1.29, 1.82) is 0 Å². The second kappa shape index (κ2) is 8.75. The number of nitrogens with zero attached hydrogens (tertiary/aromatic N) is 1. The normalized spacial score (nSPS) is 10.5. The minimum absolute atomic E-state index is 0.0606. The van der Waals surface area contributed by atoms with E-state index in [1.807, 2.05) is 0 Å². The van der Waals surface area contributed by atoms with E-state index in [2.05, 4.69) is 0 Å². The van der Waals surface area contributed by atoms with E-state index in [0.29, 0.717) is 22.8 Å². The van der Waals surface area contributed by atoms with Crippen LogP contribution >= 0.6 is 0 Å². The fourth-order valence-corrected chi connectivity index (χ4v) is 2.53. The highest BCUT2D eigenvalue weighted by Gasteiger charge is 2.14. The number of methoxy groups -OCH3 is 3. The average Bonchev–Trinajstić information content (AvgIpc) is 2.70. The van der Waals surface area contributed by atoms with Crippen molar-refractivity contribution in [3.8, 4) is 17.2 Å². The fraction of sp³-hybridized carbons (Fsp3) is 0.200. The molecule has 0 unspecified atom stereocenters. The van der Waals surface area contributed by atoms with Crippen LogP contribution in [0, 0.1) is 0 Å². The Morgan fingerprint density at radius 3 is 2.11 bits per heavy atom. The number of ether oxygens (including phenoxy) is 3. The molecule has 0 heterocycles. The van der Waals surface area contributed by atoms with Crippen LogP contribution in [0.25, 0.3) is 6.08 Å². The van der Waals surface area contributed by atoms with Crippen LogP contribution in [0.4, 0.5) is 5.69 Å². The third-order valence-corrected chi connectivity index (χ3v) is 3.92. The van der Waals surface area contributed by atoms with Crippen molar-refractivity contribution in [3.05, 3.63) is 53.6 Å². The number of hydrogen-bond acceptors (Lipinski definition) is 6. The second-order valence-corrected chi connectivity index (χ2v) is 5.49. The lowest BCUT2D eigenvalue weighted by Gasteiger charge is -2.19. The number of hydrogen-bond donors (Lipinski definition) is 0. The number of aromatic carboxylic acids is 1. The van der Waals surface area contributed by atoms with E-state index >= 15 is 0 Å². The number of rotatable bonds is 7. The predicted octanol–water partition coefficient (Wildman–Crippen LogP) is 1.75. The number of para-hydroxylation sites is 1. The Bertz CT molecular complexity index is 850. The van der Waals surface area contributed by atoms with Crippen LogP contribution in [0.15, 0.2) is 42.5 Å². The predicted molar refractivity (Wildman–Crippen MR) is 99.3 cm³/mol. The number of anilines is 1. The summed E-state index contributed by atoms with van der Waals surface area (Å²) >= 11 is 0. The molecule has 0 radical (unpaired) electrons. The summed E-state index contributed by atoms with van der Waals surface area (Å²) in [4.78, 5) is 24.9. The summed E-state index contributed by atoms with van der Waals surface area (Å²) in [6.45, 7) is 0. The third-order valence-electron chi connectivity index (χ3n) is 3.92. The van der Waals surface area contributed by atoms with Gasteiger partial charge in [0.05, 0.1) is 33.0 Å². The van der Waals surface area contributed by atoms with Crippen LogP contribution in [0.3, 0.4) is 0 Å². The molecule has 0 saturated carbocycles. The Morgan fingerprint density at radius 1 is 1.00 bits per heavy atom. The third kappa shape index (κ3) is 4.38. The first-order valence-corrected chi connectivity index (χ1v) is 7.99. The molecular formula is C20H20NO6-. The maximum atomic E-state index is 12.5. The standard InChI is InChI=1S/C20H21NO6/c1-21(15-8-6-5-7-14(15)20(23)24)18(22)10-9-13-11-16(25-2)19(27-4)17(12-13)26-3/h5-12H,1-4H3,(H,23,24)/p-1/b10-9+. The molecule has 2 aromatic carbocycles. The summed E-state index contributed by atoms with van der Waals surface area (Å²) < 4.78 is 15.8. The first kappa shape index (κ1) is 19.8. The van der Waals surface area contributed by atoms with E-state index in [4.69, 9.17) is 14.2 Å². The number of carboxylic acids is 1. The summed E-state index contributed by atoms with van der Waals surface area (Å²) in [6.07, 6.45) is 2.90. The van der Waals surface area contributed by atoms with Crippen molar-refractivity contribution in [1.82, 2.24) is 0 Å². The van der Waals surface area contributed by atoms with E-state index in [9.17, 15) is 14.7 Å². The molecule has 0 aliphatic heterocycles. The quantitative estimate of drug-likeness (QED) is 0.690. The molecule has 0 bridgehead atoms. The highest BCUT2D eigenvalue weighted by Crippen LogP contribution is 2.38. The van der Waals surface area contributed by atoms with Gasteiger partial charge in [0.25, 0.3) is 5.91 Å². The molecule has 27 heavy (non-hydrogen) atoms. The summed E-state index contributed by atoms with van der Waals surface area (Å²) in [5, 5.41) is 11.2. The Hall–Kier alpha value is -3.48. The number of benzene rings is 2. The molecule has 0 N–H and O–H groups in total.